The van der Waals surface area contributed by atoms with Crippen LogP contribution in [-0.4, -0.2) is 24.0 Å². The Hall–Kier alpha value is -2.12. The molecule has 0 spiro atoms. The summed E-state index contributed by atoms with van der Waals surface area (Å²) in [6.45, 7) is 1.67. The molecule has 7 nitrogen and oxygen atoms in total. The van der Waals surface area contributed by atoms with Crippen molar-refractivity contribution in [2.45, 2.75) is 25.5 Å². The molecule has 0 saturated carbocycles. The fourth-order valence-electron chi connectivity index (χ4n) is 1.84. The molecule has 19 heavy (non-hydrogen) atoms. The SMILES string of the molecule is CC1Oc2ccc(CC(N)C(=O)NN)cc2NC1=O. The van der Waals surface area contributed by atoms with Crippen LogP contribution in [0, 0.1) is 0 Å². The van der Waals surface area contributed by atoms with E-state index < -0.39 is 18.1 Å². The fraction of sp³-hybridized carbons (Fsp3) is 0.333. The normalized spacial score (nSPS) is 18.9. The summed E-state index contributed by atoms with van der Waals surface area (Å²) in [5, 5.41) is 2.74. The second kappa shape index (κ2) is 5.25. The van der Waals surface area contributed by atoms with E-state index in [0.717, 1.165) is 5.56 Å². The van der Waals surface area contributed by atoms with Gasteiger partial charge in [0, 0.05) is 0 Å². The van der Waals surface area contributed by atoms with Crippen molar-refractivity contribution in [2.75, 3.05) is 5.32 Å². The molecule has 1 aliphatic heterocycles. The second-order valence-electron chi connectivity index (χ2n) is 4.40. The Bertz CT molecular complexity index is 518. The number of carbonyl (C=O) groups excluding carboxylic acids is 2. The van der Waals surface area contributed by atoms with Crippen LogP contribution < -0.4 is 27.1 Å². The number of amides is 2. The van der Waals surface area contributed by atoms with Gasteiger partial charge in [-0.1, -0.05) is 6.07 Å². The van der Waals surface area contributed by atoms with Gasteiger partial charge in [0.15, 0.2) is 6.10 Å². The molecule has 1 heterocycles. The van der Waals surface area contributed by atoms with Gasteiger partial charge in [-0.25, -0.2) is 5.84 Å². The number of benzene rings is 1. The molecule has 2 atom stereocenters. The fourth-order valence-corrected chi connectivity index (χ4v) is 1.84. The van der Waals surface area contributed by atoms with E-state index >= 15 is 0 Å². The molecule has 2 rings (SSSR count). The first-order valence-electron chi connectivity index (χ1n) is 5.87. The minimum absolute atomic E-state index is 0.200. The third-order valence-corrected chi connectivity index (χ3v) is 2.91. The van der Waals surface area contributed by atoms with Crippen molar-refractivity contribution in [2.24, 2.45) is 11.6 Å². The zero-order valence-corrected chi connectivity index (χ0v) is 10.5. The monoisotopic (exact) mass is 264 g/mol. The zero-order chi connectivity index (χ0) is 14.0. The maximum atomic E-state index is 11.5. The molecule has 0 fully saturated rings. The summed E-state index contributed by atoms with van der Waals surface area (Å²) < 4.78 is 5.43. The average molecular weight is 264 g/mol. The van der Waals surface area contributed by atoms with Gasteiger partial charge >= 0.3 is 0 Å². The van der Waals surface area contributed by atoms with Crippen LogP contribution in [0.25, 0.3) is 0 Å². The Kier molecular flexibility index (Phi) is 3.68. The number of nitrogens with one attached hydrogen (secondary N) is 2. The maximum absolute atomic E-state index is 11.5. The van der Waals surface area contributed by atoms with Gasteiger partial charge in [-0.2, -0.15) is 0 Å². The highest BCUT2D eigenvalue weighted by atomic mass is 16.5. The van der Waals surface area contributed by atoms with E-state index in [0.29, 0.717) is 17.9 Å². The van der Waals surface area contributed by atoms with Gasteiger partial charge < -0.3 is 15.8 Å². The summed E-state index contributed by atoms with van der Waals surface area (Å²) >= 11 is 0. The number of carbonyl (C=O) groups is 2. The van der Waals surface area contributed by atoms with Crippen LogP contribution >= 0.6 is 0 Å². The highest BCUT2D eigenvalue weighted by Gasteiger charge is 2.24. The first-order chi connectivity index (χ1) is 9.01. The molecule has 2 amide bonds. The summed E-state index contributed by atoms with van der Waals surface area (Å²) in [7, 11) is 0. The highest BCUT2D eigenvalue weighted by Crippen LogP contribution is 2.30. The molecule has 1 aromatic rings. The first-order valence-corrected chi connectivity index (χ1v) is 5.87. The van der Waals surface area contributed by atoms with Gasteiger partial charge in [0.1, 0.15) is 5.75 Å². The van der Waals surface area contributed by atoms with Crippen LogP contribution in [0.3, 0.4) is 0 Å². The highest BCUT2D eigenvalue weighted by molar-refractivity contribution is 5.97. The molecule has 0 aliphatic carbocycles. The number of anilines is 1. The molecular weight excluding hydrogens is 248 g/mol. The molecule has 6 N–H and O–H groups in total. The lowest BCUT2D eigenvalue weighted by Crippen LogP contribution is -2.45. The Morgan fingerprint density at radius 3 is 3.00 bits per heavy atom. The van der Waals surface area contributed by atoms with Crippen molar-refractivity contribution in [3.8, 4) is 5.75 Å². The van der Waals surface area contributed by atoms with E-state index in [4.69, 9.17) is 16.3 Å². The number of nitrogens with two attached hydrogens (primary N) is 2. The molecule has 0 bridgehead atoms. The van der Waals surface area contributed by atoms with E-state index in [1.165, 1.54) is 0 Å². The van der Waals surface area contributed by atoms with Crippen LogP contribution in [0.2, 0.25) is 0 Å². The standard InChI is InChI=1S/C12H16N4O3/c1-6-11(17)15-9-5-7(2-3-10(9)19-6)4-8(13)12(18)16-14/h2-3,5-6,8H,4,13-14H2,1H3,(H,15,17)(H,16,18). The van der Waals surface area contributed by atoms with Crippen LogP contribution in [0.1, 0.15) is 12.5 Å². The molecule has 0 radical (unpaired) electrons. The quantitative estimate of drug-likeness (QED) is 0.326. The topological polar surface area (TPSA) is 119 Å². The minimum Gasteiger partial charge on any atom is -0.479 e. The van der Waals surface area contributed by atoms with E-state index in [1.54, 1.807) is 25.1 Å². The summed E-state index contributed by atoms with van der Waals surface area (Å²) in [5.74, 6) is 4.98. The lowest BCUT2D eigenvalue weighted by atomic mass is 10.0. The van der Waals surface area contributed by atoms with E-state index in [2.05, 4.69) is 5.32 Å². The first kappa shape index (κ1) is 13.3. The number of ether oxygens (including phenoxy) is 1. The van der Waals surface area contributed by atoms with Crippen LogP contribution in [-0.2, 0) is 16.0 Å². The van der Waals surface area contributed by atoms with Gasteiger partial charge in [0.2, 0.25) is 0 Å². The van der Waals surface area contributed by atoms with E-state index in [-0.39, 0.29) is 5.91 Å². The van der Waals surface area contributed by atoms with E-state index in [1.807, 2.05) is 5.43 Å². The summed E-state index contributed by atoms with van der Waals surface area (Å²) in [6.07, 6.45) is -0.189. The Labute approximate surface area is 110 Å². The van der Waals surface area contributed by atoms with Crippen LogP contribution in [0.5, 0.6) is 5.75 Å². The van der Waals surface area contributed by atoms with Gasteiger partial charge in [-0.05, 0) is 31.0 Å². The maximum Gasteiger partial charge on any atom is 0.265 e. The van der Waals surface area contributed by atoms with Gasteiger partial charge in [0.05, 0.1) is 11.7 Å². The predicted octanol–water partition coefficient (Wildman–Crippen LogP) is -0.734. The molecule has 0 saturated heterocycles. The third kappa shape index (κ3) is 2.83. The smallest absolute Gasteiger partial charge is 0.265 e. The van der Waals surface area contributed by atoms with Gasteiger partial charge in [-0.3, -0.25) is 15.0 Å². The lowest BCUT2D eigenvalue weighted by Gasteiger charge is -2.24. The number of hydrogen-bond donors (Lipinski definition) is 4. The average Bonchev–Trinajstić information content (AvgIpc) is 2.39. The van der Waals surface area contributed by atoms with E-state index in [9.17, 15) is 9.59 Å². The van der Waals surface area contributed by atoms with Gasteiger partial charge in [-0.15, -0.1) is 0 Å². The predicted molar refractivity (Wildman–Crippen MR) is 69.2 cm³/mol. The minimum atomic E-state index is -0.734. The molecular formula is C12H16N4O3. The molecule has 1 aliphatic rings. The number of hydrogen-bond acceptors (Lipinski definition) is 5. The largest absolute Gasteiger partial charge is 0.479 e. The molecule has 0 aromatic heterocycles. The Morgan fingerprint density at radius 1 is 1.58 bits per heavy atom. The number of rotatable bonds is 3. The lowest BCUT2D eigenvalue weighted by molar-refractivity contribution is -0.123. The summed E-state index contributed by atoms with van der Waals surface area (Å²) in [6, 6.07) is 4.55. The van der Waals surface area contributed by atoms with Crippen molar-refractivity contribution in [1.29, 1.82) is 0 Å². The number of fused-ring (bicyclic) bond motifs is 1. The summed E-state index contributed by atoms with van der Waals surface area (Å²) in [5.41, 5.74) is 9.07. The van der Waals surface area contributed by atoms with Crippen LogP contribution in [0.4, 0.5) is 5.69 Å². The Morgan fingerprint density at radius 2 is 2.32 bits per heavy atom. The van der Waals surface area contributed by atoms with Crippen molar-refractivity contribution in [1.82, 2.24) is 5.43 Å². The van der Waals surface area contributed by atoms with Crippen LogP contribution in [0.15, 0.2) is 18.2 Å². The molecule has 1 aromatic carbocycles. The summed E-state index contributed by atoms with van der Waals surface area (Å²) in [4.78, 5) is 22.7. The third-order valence-electron chi connectivity index (χ3n) is 2.91. The molecule has 2 unspecified atom stereocenters. The zero-order valence-electron chi connectivity index (χ0n) is 10.5. The number of hydrazine groups is 1. The van der Waals surface area contributed by atoms with Crippen molar-refractivity contribution in [3.63, 3.8) is 0 Å². The van der Waals surface area contributed by atoms with Crippen molar-refractivity contribution >= 4 is 17.5 Å². The molecule has 102 valence electrons. The molecule has 7 heteroatoms. The van der Waals surface area contributed by atoms with Crippen molar-refractivity contribution in [3.05, 3.63) is 23.8 Å². The van der Waals surface area contributed by atoms with Crippen molar-refractivity contribution < 1.29 is 14.3 Å². The Balaban J connectivity index is 2.15. The van der Waals surface area contributed by atoms with Gasteiger partial charge in [0.25, 0.3) is 11.8 Å². The second-order valence-corrected chi connectivity index (χ2v) is 4.40.